The second kappa shape index (κ2) is 6.70. The fraction of sp³-hybridized carbons (Fsp3) is 0.318. The van der Waals surface area contributed by atoms with Crippen LogP contribution >= 0.6 is 0 Å². The molecule has 0 amide bonds. The maximum absolute atomic E-state index is 13.0. The first-order valence-corrected chi connectivity index (χ1v) is 9.94. The van der Waals surface area contributed by atoms with Gasteiger partial charge in [0, 0.05) is 62.1 Å². The molecule has 1 fully saturated rings. The molecule has 5 rings (SSSR count). The van der Waals surface area contributed by atoms with Crippen molar-refractivity contribution in [1.29, 1.82) is 0 Å². The molecule has 0 spiro atoms. The van der Waals surface area contributed by atoms with Gasteiger partial charge in [0.15, 0.2) is 0 Å². The average molecular weight is 388 g/mol. The van der Waals surface area contributed by atoms with Crippen LogP contribution in [0.5, 0.6) is 0 Å². The van der Waals surface area contributed by atoms with Crippen LogP contribution in [0.25, 0.3) is 27.8 Å². The third-order valence-electron chi connectivity index (χ3n) is 5.58. The molecule has 4 heterocycles. The Morgan fingerprint density at radius 1 is 1.17 bits per heavy atom. The van der Waals surface area contributed by atoms with Crippen molar-refractivity contribution in [2.45, 2.75) is 19.9 Å². The zero-order valence-electron chi connectivity index (χ0n) is 16.9. The molecule has 29 heavy (non-hydrogen) atoms. The Kier molecular flexibility index (Phi) is 4.13. The standard InChI is InChI=1S/C22H24N6O/c1-14-8-18(27-7-6-23-15(2)11-27)13-28-21(29)10-20(24-22(14)28)16-4-5-19-17(9-16)12-26(3)25-19/h4-5,8-10,12-13,15,23H,6-7,11H2,1-3H3/t15-/m0/s1. The lowest BCUT2D eigenvalue weighted by atomic mass is 10.1. The Morgan fingerprint density at radius 3 is 2.86 bits per heavy atom. The van der Waals surface area contributed by atoms with Crippen molar-refractivity contribution in [3.05, 3.63) is 58.6 Å². The topological polar surface area (TPSA) is 67.5 Å². The van der Waals surface area contributed by atoms with Gasteiger partial charge in [-0.05, 0) is 37.6 Å². The Labute approximate surface area is 168 Å². The molecule has 148 valence electrons. The van der Waals surface area contributed by atoms with Crippen molar-refractivity contribution in [1.82, 2.24) is 24.5 Å². The summed E-state index contributed by atoms with van der Waals surface area (Å²) in [6.45, 7) is 7.00. The van der Waals surface area contributed by atoms with Crippen LogP contribution in [-0.4, -0.2) is 44.8 Å². The monoisotopic (exact) mass is 388 g/mol. The molecular formula is C22H24N6O. The highest BCUT2D eigenvalue weighted by Crippen LogP contribution is 2.24. The number of pyridine rings is 1. The summed E-state index contributed by atoms with van der Waals surface area (Å²) in [5.74, 6) is 0. The SMILES string of the molecule is Cc1cc(N2CCN[C@@H](C)C2)cn2c(=O)cc(-c3ccc4nn(C)cc4c3)nc12. The van der Waals surface area contributed by atoms with E-state index >= 15 is 0 Å². The van der Waals surface area contributed by atoms with E-state index in [0.29, 0.717) is 17.4 Å². The van der Waals surface area contributed by atoms with Gasteiger partial charge in [0.05, 0.1) is 16.9 Å². The maximum Gasteiger partial charge on any atom is 0.258 e. The molecule has 0 unspecified atom stereocenters. The summed E-state index contributed by atoms with van der Waals surface area (Å²) >= 11 is 0. The summed E-state index contributed by atoms with van der Waals surface area (Å²) < 4.78 is 3.46. The van der Waals surface area contributed by atoms with Gasteiger partial charge in [-0.1, -0.05) is 6.07 Å². The highest BCUT2D eigenvalue weighted by Gasteiger charge is 2.18. The van der Waals surface area contributed by atoms with Crippen molar-refractivity contribution in [2.24, 2.45) is 7.05 Å². The molecule has 1 aliphatic heterocycles. The van der Waals surface area contributed by atoms with Crippen molar-refractivity contribution in [2.75, 3.05) is 24.5 Å². The zero-order chi connectivity index (χ0) is 20.1. The zero-order valence-corrected chi connectivity index (χ0v) is 16.9. The number of hydrogen-bond donors (Lipinski definition) is 1. The number of aromatic nitrogens is 4. The van der Waals surface area contributed by atoms with Crippen molar-refractivity contribution >= 4 is 22.2 Å². The van der Waals surface area contributed by atoms with Crippen LogP contribution in [0.2, 0.25) is 0 Å². The third kappa shape index (κ3) is 3.17. The fourth-order valence-corrected chi connectivity index (χ4v) is 4.15. The first-order valence-electron chi connectivity index (χ1n) is 9.94. The second-order valence-corrected chi connectivity index (χ2v) is 7.93. The van der Waals surface area contributed by atoms with Gasteiger partial charge in [0.1, 0.15) is 5.65 Å². The molecule has 7 heteroatoms. The van der Waals surface area contributed by atoms with Gasteiger partial charge >= 0.3 is 0 Å². The molecule has 1 atom stereocenters. The summed E-state index contributed by atoms with van der Waals surface area (Å²) in [5, 5.41) is 8.90. The molecule has 0 radical (unpaired) electrons. The summed E-state index contributed by atoms with van der Waals surface area (Å²) in [5.41, 5.74) is 5.23. The smallest absolute Gasteiger partial charge is 0.258 e. The molecule has 1 N–H and O–H groups in total. The number of hydrogen-bond acceptors (Lipinski definition) is 5. The number of nitrogens with one attached hydrogen (secondary N) is 1. The Hall–Kier alpha value is -3.19. The lowest BCUT2D eigenvalue weighted by Crippen LogP contribution is -2.49. The van der Waals surface area contributed by atoms with E-state index in [0.717, 1.165) is 47.4 Å². The first kappa shape index (κ1) is 17.9. The number of aryl methyl sites for hydroxylation is 2. The van der Waals surface area contributed by atoms with Gasteiger partial charge in [-0.2, -0.15) is 5.10 Å². The largest absolute Gasteiger partial charge is 0.368 e. The maximum atomic E-state index is 13.0. The minimum atomic E-state index is -0.0654. The summed E-state index contributed by atoms with van der Waals surface area (Å²) in [6, 6.07) is 10.2. The fourth-order valence-electron chi connectivity index (χ4n) is 4.15. The minimum absolute atomic E-state index is 0.0654. The van der Waals surface area contributed by atoms with Crippen LogP contribution in [-0.2, 0) is 7.05 Å². The van der Waals surface area contributed by atoms with Crippen molar-refractivity contribution < 1.29 is 0 Å². The number of anilines is 1. The van der Waals surface area contributed by atoms with Crippen LogP contribution < -0.4 is 15.8 Å². The van der Waals surface area contributed by atoms with Crippen LogP contribution in [0.3, 0.4) is 0 Å². The van der Waals surface area contributed by atoms with E-state index in [4.69, 9.17) is 4.98 Å². The third-order valence-corrected chi connectivity index (χ3v) is 5.58. The van der Waals surface area contributed by atoms with Crippen LogP contribution in [0, 0.1) is 6.92 Å². The molecule has 1 aromatic carbocycles. The molecule has 1 saturated heterocycles. The number of benzene rings is 1. The molecule has 0 saturated carbocycles. The van der Waals surface area contributed by atoms with Crippen LogP contribution in [0.15, 0.2) is 47.5 Å². The van der Waals surface area contributed by atoms with Gasteiger partial charge in [0.25, 0.3) is 5.56 Å². The highest BCUT2D eigenvalue weighted by molar-refractivity contribution is 5.83. The van der Waals surface area contributed by atoms with Gasteiger partial charge in [-0.25, -0.2) is 4.98 Å². The molecular weight excluding hydrogens is 364 g/mol. The quantitative estimate of drug-likeness (QED) is 0.571. The summed E-state index contributed by atoms with van der Waals surface area (Å²) in [7, 11) is 1.90. The molecule has 1 aliphatic rings. The predicted molar refractivity (Wildman–Crippen MR) is 116 cm³/mol. The first-order chi connectivity index (χ1) is 14.0. The number of nitrogens with zero attached hydrogens (tertiary/aromatic N) is 5. The van der Waals surface area contributed by atoms with E-state index in [1.807, 2.05) is 44.6 Å². The second-order valence-electron chi connectivity index (χ2n) is 7.93. The van der Waals surface area contributed by atoms with E-state index in [2.05, 4.69) is 28.3 Å². The Morgan fingerprint density at radius 2 is 2.03 bits per heavy atom. The van der Waals surface area contributed by atoms with E-state index in [1.54, 1.807) is 15.1 Å². The molecule has 0 aliphatic carbocycles. The van der Waals surface area contributed by atoms with Gasteiger partial charge in [-0.15, -0.1) is 0 Å². The minimum Gasteiger partial charge on any atom is -0.368 e. The van der Waals surface area contributed by atoms with E-state index < -0.39 is 0 Å². The number of rotatable bonds is 2. The lowest BCUT2D eigenvalue weighted by molar-refractivity contribution is 0.484. The normalized spacial score (nSPS) is 17.3. The van der Waals surface area contributed by atoms with Gasteiger partial charge < -0.3 is 10.2 Å². The van der Waals surface area contributed by atoms with E-state index in [9.17, 15) is 4.79 Å². The number of fused-ring (bicyclic) bond motifs is 2. The summed E-state index contributed by atoms with van der Waals surface area (Å²) in [6.07, 6.45) is 3.89. The van der Waals surface area contributed by atoms with E-state index in [-0.39, 0.29) is 5.56 Å². The van der Waals surface area contributed by atoms with Gasteiger partial charge in [-0.3, -0.25) is 13.9 Å². The molecule has 3 aromatic heterocycles. The Balaban J connectivity index is 1.61. The van der Waals surface area contributed by atoms with Crippen molar-refractivity contribution in [3.63, 3.8) is 0 Å². The molecule has 0 bridgehead atoms. The molecule has 4 aromatic rings. The molecule has 7 nitrogen and oxygen atoms in total. The van der Waals surface area contributed by atoms with E-state index in [1.165, 1.54) is 0 Å². The van der Waals surface area contributed by atoms with Crippen LogP contribution in [0.4, 0.5) is 5.69 Å². The van der Waals surface area contributed by atoms with Crippen LogP contribution in [0.1, 0.15) is 12.5 Å². The lowest BCUT2D eigenvalue weighted by Gasteiger charge is -2.33. The van der Waals surface area contributed by atoms with Crippen molar-refractivity contribution in [3.8, 4) is 11.3 Å². The highest BCUT2D eigenvalue weighted by atomic mass is 16.1. The predicted octanol–water partition coefficient (Wildman–Crippen LogP) is 2.35. The summed E-state index contributed by atoms with van der Waals surface area (Å²) in [4.78, 5) is 20.1. The van der Waals surface area contributed by atoms with Gasteiger partial charge in [0.2, 0.25) is 0 Å². The Bertz CT molecular complexity index is 1290. The number of piperazine rings is 1. The average Bonchev–Trinajstić information content (AvgIpc) is 3.07.